The Morgan fingerprint density at radius 3 is 2.38 bits per heavy atom. The maximum absolute atomic E-state index is 14.2. The van der Waals surface area contributed by atoms with Gasteiger partial charge in [-0.25, -0.2) is 13.4 Å². The minimum atomic E-state index is -3.56. The van der Waals surface area contributed by atoms with E-state index >= 15 is 0 Å². The summed E-state index contributed by atoms with van der Waals surface area (Å²) in [6, 6.07) is 19.8. The van der Waals surface area contributed by atoms with Crippen molar-refractivity contribution in [3.05, 3.63) is 78.0 Å². The summed E-state index contributed by atoms with van der Waals surface area (Å²) >= 11 is 0. The Bertz CT molecular complexity index is 1610. The van der Waals surface area contributed by atoms with E-state index in [1.165, 1.54) is 10.5 Å². The SMILES string of the molecule is CCN(CC)S(=O)(=O)c1ccc(N2CCCN(C(=O)c3c(-c4ccccc4)n(C)c4ccc(C)cc34)CC2)nc1. The molecule has 0 spiro atoms. The molecule has 0 N–H and O–H groups in total. The molecule has 0 saturated carbocycles. The molecule has 2 aromatic heterocycles. The molecule has 0 atom stereocenters. The number of hydrogen-bond acceptors (Lipinski definition) is 5. The van der Waals surface area contributed by atoms with Crippen LogP contribution >= 0.6 is 0 Å². The monoisotopic (exact) mass is 559 g/mol. The predicted octanol–water partition coefficient (Wildman–Crippen LogP) is 4.93. The number of carbonyl (C=O) groups excluding carboxylic acids is 1. The molecule has 1 aliphatic rings. The van der Waals surface area contributed by atoms with Crippen LogP contribution in [0.3, 0.4) is 0 Å². The third kappa shape index (κ3) is 5.11. The van der Waals surface area contributed by atoms with Crippen LogP contribution in [0.2, 0.25) is 0 Å². The van der Waals surface area contributed by atoms with Gasteiger partial charge in [-0.15, -0.1) is 0 Å². The first-order chi connectivity index (χ1) is 19.3. The topological polar surface area (TPSA) is 78.8 Å². The number of anilines is 1. The summed E-state index contributed by atoms with van der Waals surface area (Å²) in [5, 5.41) is 0.971. The highest BCUT2D eigenvalue weighted by atomic mass is 32.2. The number of carbonyl (C=O) groups is 1. The van der Waals surface area contributed by atoms with Crippen LogP contribution in [0.5, 0.6) is 0 Å². The van der Waals surface area contributed by atoms with E-state index in [-0.39, 0.29) is 10.8 Å². The maximum atomic E-state index is 14.2. The molecule has 0 radical (unpaired) electrons. The Balaban J connectivity index is 1.41. The van der Waals surface area contributed by atoms with E-state index in [4.69, 9.17) is 0 Å². The smallest absolute Gasteiger partial charge is 0.256 e. The highest BCUT2D eigenvalue weighted by Crippen LogP contribution is 2.35. The van der Waals surface area contributed by atoms with E-state index in [0.29, 0.717) is 32.7 Å². The molecular weight excluding hydrogens is 522 g/mol. The molecule has 210 valence electrons. The van der Waals surface area contributed by atoms with E-state index in [0.717, 1.165) is 52.1 Å². The average Bonchev–Trinajstić information content (AvgIpc) is 3.09. The fraction of sp³-hybridized carbons (Fsp3) is 0.355. The molecular formula is C31H37N5O3S. The molecule has 8 nitrogen and oxygen atoms in total. The molecule has 3 heterocycles. The number of sulfonamides is 1. The van der Waals surface area contributed by atoms with Crippen LogP contribution in [-0.2, 0) is 17.1 Å². The largest absolute Gasteiger partial charge is 0.355 e. The minimum Gasteiger partial charge on any atom is -0.355 e. The first-order valence-electron chi connectivity index (χ1n) is 13.9. The maximum Gasteiger partial charge on any atom is 0.256 e. The number of fused-ring (bicyclic) bond motifs is 1. The van der Waals surface area contributed by atoms with Crippen LogP contribution in [-0.4, -0.2) is 72.3 Å². The zero-order chi connectivity index (χ0) is 28.4. The van der Waals surface area contributed by atoms with Crippen molar-refractivity contribution >= 4 is 32.7 Å². The van der Waals surface area contributed by atoms with Gasteiger partial charge in [0.05, 0.1) is 11.3 Å². The van der Waals surface area contributed by atoms with Crippen molar-refractivity contribution in [1.82, 2.24) is 18.8 Å². The summed E-state index contributed by atoms with van der Waals surface area (Å²) < 4.78 is 29.3. The van der Waals surface area contributed by atoms with E-state index in [9.17, 15) is 13.2 Å². The van der Waals surface area contributed by atoms with Gasteiger partial charge in [0.15, 0.2) is 0 Å². The van der Waals surface area contributed by atoms with Gasteiger partial charge in [0.2, 0.25) is 10.0 Å². The summed E-state index contributed by atoms with van der Waals surface area (Å²) in [7, 11) is -1.53. The van der Waals surface area contributed by atoms with Crippen LogP contribution in [0, 0.1) is 6.92 Å². The number of pyridine rings is 1. The highest BCUT2D eigenvalue weighted by molar-refractivity contribution is 7.89. The van der Waals surface area contributed by atoms with Crippen molar-refractivity contribution in [2.24, 2.45) is 7.05 Å². The molecule has 1 amide bonds. The lowest BCUT2D eigenvalue weighted by molar-refractivity contribution is 0.0769. The molecule has 40 heavy (non-hydrogen) atoms. The molecule has 0 bridgehead atoms. The number of hydrogen-bond donors (Lipinski definition) is 0. The van der Waals surface area contributed by atoms with Crippen LogP contribution in [0.1, 0.15) is 36.2 Å². The molecule has 1 saturated heterocycles. The highest BCUT2D eigenvalue weighted by Gasteiger charge is 2.28. The summed E-state index contributed by atoms with van der Waals surface area (Å²) in [5.74, 6) is 0.754. The number of rotatable bonds is 7. The van der Waals surface area contributed by atoms with Gasteiger partial charge in [0, 0.05) is 63.4 Å². The number of amides is 1. The molecule has 9 heteroatoms. The third-order valence-electron chi connectivity index (χ3n) is 7.79. The minimum absolute atomic E-state index is 0.0329. The van der Waals surface area contributed by atoms with Gasteiger partial charge < -0.3 is 14.4 Å². The lowest BCUT2D eigenvalue weighted by atomic mass is 10.0. The number of nitrogens with zero attached hydrogens (tertiary/aromatic N) is 5. The van der Waals surface area contributed by atoms with E-state index < -0.39 is 10.0 Å². The lowest BCUT2D eigenvalue weighted by Crippen LogP contribution is -2.35. The van der Waals surface area contributed by atoms with Gasteiger partial charge in [-0.3, -0.25) is 4.79 Å². The van der Waals surface area contributed by atoms with Gasteiger partial charge >= 0.3 is 0 Å². The second-order valence-corrected chi connectivity index (χ2v) is 12.2. The summed E-state index contributed by atoms with van der Waals surface area (Å²) in [5.41, 5.74) is 4.84. The Morgan fingerprint density at radius 1 is 0.950 bits per heavy atom. The van der Waals surface area contributed by atoms with Crippen LogP contribution in [0.15, 0.2) is 71.8 Å². The van der Waals surface area contributed by atoms with Gasteiger partial charge in [-0.1, -0.05) is 55.8 Å². The molecule has 1 aliphatic heterocycles. The van der Waals surface area contributed by atoms with Crippen molar-refractivity contribution in [2.45, 2.75) is 32.1 Å². The lowest BCUT2D eigenvalue weighted by Gasteiger charge is -2.24. The zero-order valence-electron chi connectivity index (χ0n) is 23.7. The number of benzene rings is 2. The quantitative estimate of drug-likeness (QED) is 0.321. The molecule has 1 fully saturated rings. The second kappa shape index (κ2) is 11.4. The fourth-order valence-corrected chi connectivity index (χ4v) is 7.05. The molecule has 0 aliphatic carbocycles. The standard InChI is InChI=1S/C31H37N5O3S/c1-5-36(6-2)40(38,39)25-14-16-28(32-22-25)34-17-10-18-35(20-19-34)31(37)29-26-21-23(3)13-15-27(26)33(4)30(29)24-11-8-7-9-12-24/h7-9,11-16,21-22H,5-6,10,17-20H2,1-4H3. The zero-order valence-corrected chi connectivity index (χ0v) is 24.5. The van der Waals surface area contributed by atoms with Crippen molar-refractivity contribution in [2.75, 3.05) is 44.2 Å². The Morgan fingerprint density at radius 2 is 1.70 bits per heavy atom. The van der Waals surface area contributed by atoms with Gasteiger partial charge in [-0.05, 0) is 43.2 Å². The van der Waals surface area contributed by atoms with E-state index in [1.54, 1.807) is 12.1 Å². The summed E-state index contributed by atoms with van der Waals surface area (Å²) in [6.45, 7) is 9.08. The van der Waals surface area contributed by atoms with Crippen molar-refractivity contribution in [1.29, 1.82) is 0 Å². The first-order valence-corrected chi connectivity index (χ1v) is 15.3. The Kier molecular flexibility index (Phi) is 7.96. The van der Waals surface area contributed by atoms with Gasteiger partial charge in [-0.2, -0.15) is 4.31 Å². The molecule has 5 rings (SSSR count). The van der Waals surface area contributed by atoms with Crippen LogP contribution in [0.25, 0.3) is 22.2 Å². The number of aryl methyl sites for hydroxylation is 2. The molecule has 0 unspecified atom stereocenters. The van der Waals surface area contributed by atoms with Gasteiger partial charge in [0.25, 0.3) is 5.91 Å². The summed E-state index contributed by atoms with van der Waals surface area (Å²) in [4.78, 5) is 23.0. The van der Waals surface area contributed by atoms with E-state index in [1.807, 2.05) is 44.0 Å². The van der Waals surface area contributed by atoms with Crippen LogP contribution in [0.4, 0.5) is 5.82 Å². The van der Waals surface area contributed by atoms with Crippen molar-refractivity contribution in [3.8, 4) is 11.3 Å². The second-order valence-electron chi connectivity index (χ2n) is 10.2. The normalized spacial score (nSPS) is 14.6. The average molecular weight is 560 g/mol. The predicted molar refractivity (Wildman–Crippen MR) is 160 cm³/mol. The number of aromatic nitrogens is 2. The van der Waals surface area contributed by atoms with Crippen LogP contribution < -0.4 is 4.90 Å². The van der Waals surface area contributed by atoms with E-state index in [2.05, 4.69) is 51.7 Å². The molecule has 4 aromatic rings. The van der Waals surface area contributed by atoms with Gasteiger partial charge in [0.1, 0.15) is 10.7 Å². The Labute approximate surface area is 236 Å². The Hall–Kier alpha value is -3.69. The first kappa shape index (κ1) is 27.9. The fourth-order valence-electron chi connectivity index (χ4n) is 5.64. The third-order valence-corrected chi connectivity index (χ3v) is 9.82. The van der Waals surface area contributed by atoms with Crippen molar-refractivity contribution < 1.29 is 13.2 Å². The molecule has 2 aromatic carbocycles. The van der Waals surface area contributed by atoms with Crippen molar-refractivity contribution in [3.63, 3.8) is 0 Å². The summed E-state index contributed by atoms with van der Waals surface area (Å²) in [6.07, 6.45) is 2.23.